The van der Waals surface area contributed by atoms with Gasteiger partial charge in [0.15, 0.2) is 0 Å². The van der Waals surface area contributed by atoms with Crippen molar-refractivity contribution in [2.75, 3.05) is 13.1 Å². The first-order valence-electron chi connectivity index (χ1n) is 15.5. The Balaban J connectivity index is 1.77. The lowest BCUT2D eigenvalue weighted by Crippen LogP contribution is -2.60. The number of Topliss-reactive ketones (excluding diaryl/α,β-unsaturated/α-hetero) is 1. The average Bonchev–Trinajstić information content (AvgIpc) is 3.26. The summed E-state index contributed by atoms with van der Waals surface area (Å²) in [6.45, 7) is 18.8. The smallest absolute Gasteiger partial charge is 0.408 e. The Labute approximate surface area is 267 Å². The average molecular weight is 621 g/mol. The first kappa shape index (κ1) is 35.4. The van der Waals surface area contributed by atoms with Crippen LogP contribution >= 0.6 is 0 Å². The number of alkyl carbamates (subject to hydrolysis) is 1. The van der Waals surface area contributed by atoms with Crippen LogP contribution in [0.2, 0.25) is 0 Å². The number of benzene rings is 1. The molecule has 1 heterocycles. The Kier molecular flexibility index (Phi) is 10.9. The summed E-state index contributed by atoms with van der Waals surface area (Å²) in [4.78, 5) is 68.2. The zero-order valence-corrected chi connectivity index (χ0v) is 27.8. The minimum atomic E-state index is -1.12. The van der Waals surface area contributed by atoms with E-state index in [2.05, 4.69) is 48.2 Å². The van der Waals surface area contributed by atoms with Crippen molar-refractivity contribution < 1.29 is 28.7 Å². The summed E-state index contributed by atoms with van der Waals surface area (Å²) in [6.07, 6.45) is 1.43. The highest BCUT2D eigenvalue weighted by molar-refractivity contribution is 6.38. The van der Waals surface area contributed by atoms with Crippen LogP contribution in [0.15, 0.2) is 43.0 Å². The van der Waals surface area contributed by atoms with E-state index in [-0.39, 0.29) is 30.2 Å². The fourth-order valence-electron chi connectivity index (χ4n) is 5.90. The van der Waals surface area contributed by atoms with Crippen LogP contribution in [0.5, 0.6) is 0 Å². The minimum absolute atomic E-state index is 0.0384. The quantitative estimate of drug-likeness (QED) is 0.208. The van der Waals surface area contributed by atoms with Crippen LogP contribution < -0.4 is 16.0 Å². The van der Waals surface area contributed by atoms with Gasteiger partial charge in [0.1, 0.15) is 17.7 Å². The highest BCUT2D eigenvalue weighted by Crippen LogP contribution is 2.65. The molecule has 4 amide bonds. The Morgan fingerprint density at radius 3 is 2.29 bits per heavy atom. The van der Waals surface area contributed by atoms with E-state index in [0.717, 1.165) is 5.56 Å². The summed E-state index contributed by atoms with van der Waals surface area (Å²) in [6, 6.07) is 6.29. The maximum absolute atomic E-state index is 14.1. The Morgan fingerprint density at radius 1 is 1.07 bits per heavy atom. The van der Waals surface area contributed by atoms with E-state index < -0.39 is 58.7 Å². The number of ether oxygens (including phenoxy) is 1. The third-order valence-electron chi connectivity index (χ3n) is 8.39. The molecule has 1 aromatic rings. The van der Waals surface area contributed by atoms with Crippen LogP contribution in [0.1, 0.15) is 73.8 Å². The van der Waals surface area contributed by atoms with Crippen molar-refractivity contribution in [3.63, 3.8) is 0 Å². The van der Waals surface area contributed by atoms with Crippen LogP contribution in [0.4, 0.5) is 4.79 Å². The van der Waals surface area contributed by atoms with Crippen molar-refractivity contribution in [3.8, 4) is 11.8 Å². The van der Waals surface area contributed by atoms with Crippen molar-refractivity contribution in [3.05, 3.63) is 48.6 Å². The number of hydrogen-bond acceptors (Lipinski definition) is 6. The first-order chi connectivity index (χ1) is 20.9. The molecule has 3 unspecified atom stereocenters. The predicted octanol–water partition coefficient (Wildman–Crippen LogP) is 3.60. The van der Waals surface area contributed by atoms with Gasteiger partial charge >= 0.3 is 6.09 Å². The van der Waals surface area contributed by atoms with E-state index in [1.165, 1.54) is 4.90 Å². The normalized spacial score (nSPS) is 21.2. The Hall–Kier alpha value is -4.13. The molecule has 1 saturated carbocycles. The van der Waals surface area contributed by atoms with Crippen LogP contribution in [0.3, 0.4) is 0 Å². The molecule has 10 nitrogen and oxygen atoms in total. The molecule has 5 atom stereocenters. The summed E-state index contributed by atoms with van der Waals surface area (Å²) < 4.78 is 5.42. The van der Waals surface area contributed by atoms with Gasteiger partial charge in [-0.1, -0.05) is 70.7 Å². The van der Waals surface area contributed by atoms with Crippen LogP contribution in [-0.4, -0.2) is 71.3 Å². The highest BCUT2D eigenvalue weighted by Gasteiger charge is 2.70. The van der Waals surface area contributed by atoms with Crippen LogP contribution in [-0.2, 0) is 23.9 Å². The molecular weight excluding hydrogens is 572 g/mol. The van der Waals surface area contributed by atoms with Crippen molar-refractivity contribution in [1.82, 2.24) is 20.9 Å². The molecular formula is C35H48N4O6. The molecule has 1 aliphatic heterocycles. The fraction of sp³-hybridized carbons (Fsp3) is 0.571. The zero-order valence-electron chi connectivity index (χ0n) is 27.8. The topological polar surface area (TPSA) is 134 Å². The third kappa shape index (κ3) is 8.96. The van der Waals surface area contributed by atoms with E-state index in [4.69, 9.17) is 4.74 Å². The molecule has 1 aromatic carbocycles. The van der Waals surface area contributed by atoms with E-state index in [9.17, 15) is 24.0 Å². The lowest BCUT2D eigenvalue weighted by molar-refractivity contribution is -0.145. The molecule has 10 heteroatoms. The van der Waals surface area contributed by atoms with Gasteiger partial charge in [-0.05, 0) is 68.4 Å². The molecule has 2 fully saturated rings. The second kappa shape index (κ2) is 13.9. The maximum Gasteiger partial charge on any atom is 0.408 e. The summed E-state index contributed by atoms with van der Waals surface area (Å²) in [5.41, 5.74) is -0.864. The van der Waals surface area contributed by atoms with Gasteiger partial charge in [-0.15, -0.1) is 6.58 Å². The van der Waals surface area contributed by atoms with Gasteiger partial charge < -0.3 is 25.6 Å². The molecule has 0 bridgehead atoms. The monoisotopic (exact) mass is 620 g/mol. The maximum atomic E-state index is 14.1. The van der Waals surface area contributed by atoms with Gasteiger partial charge in [0.05, 0.1) is 12.6 Å². The second-order valence-corrected chi connectivity index (χ2v) is 14.5. The summed E-state index contributed by atoms with van der Waals surface area (Å²) >= 11 is 0. The van der Waals surface area contributed by atoms with Crippen molar-refractivity contribution in [2.24, 2.45) is 22.7 Å². The molecule has 3 rings (SSSR count). The number of hydrogen-bond donors (Lipinski definition) is 3. The second-order valence-electron chi connectivity index (χ2n) is 14.5. The number of nitrogens with zero attached hydrogens (tertiary/aromatic N) is 1. The van der Waals surface area contributed by atoms with Gasteiger partial charge in [-0.3, -0.25) is 19.2 Å². The third-order valence-corrected chi connectivity index (χ3v) is 8.39. The molecule has 0 radical (unpaired) electrons. The zero-order chi connectivity index (χ0) is 33.7. The summed E-state index contributed by atoms with van der Waals surface area (Å²) in [5.74, 6) is 3.11. The molecule has 45 heavy (non-hydrogen) atoms. The molecule has 1 aliphatic carbocycles. The lowest BCUT2D eigenvalue weighted by Gasteiger charge is -2.38. The number of piperidine rings is 1. The number of amides is 4. The Morgan fingerprint density at radius 2 is 1.71 bits per heavy atom. The number of allylic oxidation sites excluding steroid dienone is 1. The van der Waals surface area contributed by atoms with Gasteiger partial charge in [-0.2, -0.15) is 0 Å². The number of carbonyl (C=O) groups is 5. The van der Waals surface area contributed by atoms with E-state index in [1.807, 2.05) is 51.1 Å². The molecule has 244 valence electrons. The van der Waals surface area contributed by atoms with Gasteiger partial charge in [0.25, 0.3) is 5.91 Å². The summed E-state index contributed by atoms with van der Waals surface area (Å²) in [7, 11) is 0. The van der Waals surface area contributed by atoms with Crippen LogP contribution in [0, 0.1) is 34.5 Å². The standard InChI is InChI=1S/C35H48N4O6/c1-10-11-19-24(27(40)30(42)36-20-15-18-22-16-13-12-14-17-22)37-29(41)26-25-23(35(25,8)9)21-39(26)31(43)28(33(2,3)4)38-32(44)45-34(5,6)7/h10,12-14,16-17,23-26,28H,1,11,19-21H2,2-9H3,(H,36,42)(H,37,41)(H,38,44)/t23?,24?,25?,26-,28+/m0/s1. The van der Waals surface area contributed by atoms with Gasteiger partial charge in [-0.25, -0.2) is 4.79 Å². The van der Waals surface area contributed by atoms with Crippen molar-refractivity contribution in [2.45, 2.75) is 92.0 Å². The van der Waals surface area contributed by atoms with E-state index >= 15 is 0 Å². The van der Waals surface area contributed by atoms with E-state index in [1.54, 1.807) is 26.8 Å². The molecule has 0 aromatic heterocycles. The summed E-state index contributed by atoms with van der Waals surface area (Å²) in [5, 5.41) is 8.02. The highest BCUT2D eigenvalue weighted by atomic mass is 16.6. The molecule has 1 saturated heterocycles. The fourth-order valence-corrected chi connectivity index (χ4v) is 5.90. The SMILES string of the molecule is C=CCCC(NC(=O)[C@@H]1C2C(CN1C(=O)[C@@H](NC(=O)OC(C)(C)C)C(C)(C)C)C2(C)C)C(=O)C(=O)NCC#Cc1ccccc1. The van der Waals surface area contributed by atoms with Gasteiger partial charge in [0.2, 0.25) is 17.6 Å². The lowest BCUT2D eigenvalue weighted by atomic mass is 9.85. The number of ketones is 1. The molecule has 3 N–H and O–H groups in total. The van der Waals surface area contributed by atoms with Crippen LogP contribution in [0.25, 0.3) is 0 Å². The predicted molar refractivity (Wildman–Crippen MR) is 172 cm³/mol. The molecule has 0 spiro atoms. The minimum Gasteiger partial charge on any atom is -0.444 e. The first-order valence-corrected chi connectivity index (χ1v) is 15.5. The number of fused-ring (bicyclic) bond motifs is 1. The van der Waals surface area contributed by atoms with Crippen molar-refractivity contribution >= 4 is 29.6 Å². The number of carbonyl (C=O) groups excluding carboxylic acids is 5. The largest absolute Gasteiger partial charge is 0.444 e. The Bertz CT molecular complexity index is 1360. The van der Waals surface area contributed by atoms with E-state index in [0.29, 0.717) is 13.0 Å². The number of likely N-dealkylation sites (tertiary alicyclic amines) is 1. The number of rotatable bonds is 10. The van der Waals surface area contributed by atoms with Gasteiger partial charge in [0, 0.05) is 12.1 Å². The molecule has 2 aliphatic rings. The van der Waals surface area contributed by atoms with Crippen molar-refractivity contribution in [1.29, 1.82) is 0 Å². The number of nitrogens with one attached hydrogen (secondary N) is 3.